The van der Waals surface area contributed by atoms with Gasteiger partial charge < -0.3 is 10.0 Å². The second-order valence-corrected chi connectivity index (χ2v) is 6.16. The molecule has 1 saturated heterocycles. The number of hydrogen-bond acceptors (Lipinski definition) is 5. The first kappa shape index (κ1) is 15.1. The van der Waals surface area contributed by atoms with Crippen LogP contribution in [0, 0.1) is 5.92 Å². The average Bonchev–Trinajstić information content (AvgIpc) is 2.99. The van der Waals surface area contributed by atoms with Gasteiger partial charge in [0.25, 0.3) is 0 Å². The van der Waals surface area contributed by atoms with Crippen LogP contribution >= 0.6 is 11.8 Å². The van der Waals surface area contributed by atoms with E-state index in [-0.39, 0.29) is 11.4 Å². The lowest BCUT2D eigenvalue weighted by molar-refractivity contribution is -0.133. The molecule has 0 spiro atoms. The number of nitrogens with one attached hydrogen (secondary N) is 1. The number of carboxylic acid groups (broad SMARTS) is 1. The number of rotatable bonds is 7. The first-order valence-corrected chi connectivity index (χ1v) is 7.77. The lowest BCUT2D eigenvalue weighted by atomic mass is 10.1. The zero-order chi connectivity index (χ0) is 14.5. The molecule has 8 heteroatoms. The van der Waals surface area contributed by atoms with E-state index in [1.54, 1.807) is 0 Å². The zero-order valence-electron chi connectivity index (χ0n) is 11.5. The van der Waals surface area contributed by atoms with Crippen LogP contribution < -0.4 is 5.69 Å². The van der Waals surface area contributed by atoms with Crippen LogP contribution in [0.1, 0.15) is 19.8 Å². The Morgan fingerprint density at radius 1 is 1.45 bits per heavy atom. The van der Waals surface area contributed by atoms with Crippen molar-refractivity contribution in [3.63, 3.8) is 0 Å². The van der Waals surface area contributed by atoms with Gasteiger partial charge in [-0.05, 0) is 31.8 Å². The summed E-state index contributed by atoms with van der Waals surface area (Å²) in [7, 11) is 0. The fraction of sp³-hybridized carbons (Fsp3) is 0.750. The van der Waals surface area contributed by atoms with Gasteiger partial charge in [0.15, 0.2) is 5.16 Å². The Balaban J connectivity index is 1.94. The van der Waals surface area contributed by atoms with Crippen LogP contribution in [0.5, 0.6) is 0 Å². The van der Waals surface area contributed by atoms with E-state index in [2.05, 4.69) is 22.0 Å². The molecule has 1 fully saturated rings. The smallest absolute Gasteiger partial charge is 0.343 e. The maximum Gasteiger partial charge on any atom is 0.343 e. The molecule has 1 unspecified atom stereocenters. The van der Waals surface area contributed by atoms with Crippen LogP contribution in [0.3, 0.4) is 0 Å². The molecule has 0 bridgehead atoms. The molecule has 0 aromatic carbocycles. The number of hydrogen-bond donors (Lipinski definition) is 2. The minimum atomic E-state index is -0.915. The number of aliphatic carboxylic acids is 1. The van der Waals surface area contributed by atoms with Gasteiger partial charge in [0.1, 0.15) is 0 Å². The van der Waals surface area contributed by atoms with Gasteiger partial charge in [-0.3, -0.25) is 9.36 Å². The molecule has 0 saturated carbocycles. The number of likely N-dealkylation sites (tertiary alicyclic amines) is 1. The van der Waals surface area contributed by atoms with E-state index in [1.807, 2.05) is 0 Å². The van der Waals surface area contributed by atoms with E-state index in [1.165, 1.54) is 17.4 Å². The molecular formula is C12H20N4O3S. The van der Waals surface area contributed by atoms with E-state index in [0.717, 1.165) is 31.4 Å². The third-order valence-electron chi connectivity index (χ3n) is 3.31. The first-order chi connectivity index (χ1) is 9.56. The van der Waals surface area contributed by atoms with Gasteiger partial charge in [-0.15, -0.1) is 5.10 Å². The van der Waals surface area contributed by atoms with Crippen molar-refractivity contribution in [3.8, 4) is 0 Å². The van der Waals surface area contributed by atoms with Crippen molar-refractivity contribution in [2.24, 2.45) is 5.92 Å². The summed E-state index contributed by atoms with van der Waals surface area (Å²) < 4.78 is 1.54. The van der Waals surface area contributed by atoms with E-state index in [9.17, 15) is 9.59 Å². The first-order valence-electron chi connectivity index (χ1n) is 6.78. The third-order valence-corrected chi connectivity index (χ3v) is 4.27. The molecule has 1 aliphatic heterocycles. The summed E-state index contributed by atoms with van der Waals surface area (Å²) in [6.07, 6.45) is 2.50. The Labute approximate surface area is 121 Å². The molecular weight excluding hydrogens is 280 g/mol. The highest BCUT2D eigenvalue weighted by atomic mass is 32.2. The Bertz CT molecular complexity index is 507. The second kappa shape index (κ2) is 6.94. The minimum absolute atomic E-state index is 0.0925. The van der Waals surface area contributed by atoms with E-state index in [0.29, 0.717) is 17.6 Å². The monoisotopic (exact) mass is 300 g/mol. The Morgan fingerprint density at radius 2 is 2.15 bits per heavy atom. The Morgan fingerprint density at radius 3 is 2.80 bits per heavy atom. The number of aromatic amines is 1. The van der Waals surface area contributed by atoms with Gasteiger partial charge in [-0.1, -0.05) is 18.7 Å². The standard InChI is InChI=1S/C12H20N4O3S/c1-9(6-15-4-2-3-5-15)7-16-11(19)13-14-12(16)20-8-10(17)18/h9H,2-8H2,1H3,(H,13,19)(H,17,18). The van der Waals surface area contributed by atoms with Crippen molar-refractivity contribution >= 4 is 17.7 Å². The van der Waals surface area contributed by atoms with Crippen molar-refractivity contribution in [1.29, 1.82) is 0 Å². The number of carbonyl (C=O) groups is 1. The van der Waals surface area contributed by atoms with Crippen LogP contribution in [0.15, 0.2) is 9.95 Å². The molecule has 1 atom stereocenters. The van der Waals surface area contributed by atoms with E-state index < -0.39 is 5.97 Å². The average molecular weight is 300 g/mol. The quantitative estimate of drug-likeness (QED) is 0.712. The molecule has 7 nitrogen and oxygen atoms in total. The number of thioether (sulfide) groups is 1. The molecule has 1 aromatic heterocycles. The number of aromatic nitrogens is 3. The van der Waals surface area contributed by atoms with Crippen LogP contribution in [-0.4, -0.2) is 56.1 Å². The van der Waals surface area contributed by atoms with Crippen LogP contribution in [0.4, 0.5) is 0 Å². The predicted octanol–water partition coefficient (Wildman–Crippen LogP) is 0.480. The SMILES string of the molecule is CC(CN1CCCC1)Cn1c(SCC(=O)O)n[nH]c1=O. The summed E-state index contributed by atoms with van der Waals surface area (Å²) in [6, 6.07) is 0. The highest BCUT2D eigenvalue weighted by molar-refractivity contribution is 7.99. The van der Waals surface area contributed by atoms with E-state index >= 15 is 0 Å². The molecule has 1 aromatic rings. The molecule has 1 aliphatic rings. The summed E-state index contributed by atoms with van der Waals surface area (Å²) in [5.74, 6) is -0.681. The van der Waals surface area contributed by atoms with E-state index in [4.69, 9.17) is 5.11 Å². The lowest BCUT2D eigenvalue weighted by Crippen LogP contribution is -2.30. The summed E-state index contributed by atoms with van der Waals surface area (Å²) in [5, 5.41) is 15.4. The topological polar surface area (TPSA) is 91.2 Å². The summed E-state index contributed by atoms with van der Waals surface area (Å²) in [6.45, 7) is 5.88. The fourth-order valence-corrected chi connectivity index (χ4v) is 3.15. The van der Waals surface area contributed by atoms with Crippen molar-refractivity contribution in [2.45, 2.75) is 31.5 Å². The van der Waals surface area contributed by atoms with Crippen molar-refractivity contribution in [1.82, 2.24) is 19.7 Å². The second-order valence-electron chi connectivity index (χ2n) is 5.22. The molecule has 2 N–H and O–H groups in total. The molecule has 2 rings (SSSR count). The Hall–Kier alpha value is -1.28. The van der Waals surface area contributed by atoms with Gasteiger partial charge in [0, 0.05) is 13.1 Å². The molecule has 0 aliphatic carbocycles. The third kappa shape index (κ3) is 4.11. The van der Waals surface area contributed by atoms with Crippen molar-refractivity contribution in [2.75, 3.05) is 25.4 Å². The number of H-pyrrole nitrogens is 1. The van der Waals surface area contributed by atoms with Crippen LogP contribution in [-0.2, 0) is 11.3 Å². The van der Waals surface area contributed by atoms with Gasteiger partial charge >= 0.3 is 11.7 Å². The zero-order valence-corrected chi connectivity index (χ0v) is 12.4. The van der Waals surface area contributed by atoms with Gasteiger partial charge in [-0.25, -0.2) is 9.89 Å². The summed E-state index contributed by atoms with van der Waals surface area (Å²) >= 11 is 1.07. The number of nitrogens with zero attached hydrogens (tertiary/aromatic N) is 3. The summed E-state index contributed by atoms with van der Waals surface area (Å²) in [4.78, 5) is 24.7. The maximum atomic E-state index is 11.7. The molecule has 20 heavy (non-hydrogen) atoms. The Kier molecular flexibility index (Phi) is 5.24. The largest absolute Gasteiger partial charge is 0.481 e. The van der Waals surface area contributed by atoms with Crippen molar-refractivity contribution < 1.29 is 9.90 Å². The molecule has 0 radical (unpaired) electrons. The fourth-order valence-electron chi connectivity index (χ4n) is 2.48. The van der Waals surface area contributed by atoms with Gasteiger partial charge in [0.2, 0.25) is 0 Å². The lowest BCUT2D eigenvalue weighted by Gasteiger charge is -2.20. The maximum absolute atomic E-state index is 11.7. The minimum Gasteiger partial charge on any atom is -0.481 e. The highest BCUT2D eigenvalue weighted by Gasteiger charge is 2.17. The van der Waals surface area contributed by atoms with Crippen molar-refractivity contribution in [3.05, 3.63) is 10.5 Å². The predicted molar refractivity (Wildman–Crippen MR) is 76.0 cm³/mol. The van der Waals surface area contributed by atoms with Gasteiger partial charge in [0.05, 0.1) is 5.75 Å². The van der Waals surface area contributed by atoms with Crippen LogP contribution in [0.25, 0.3) is 0 Å². The highest BCUT2D eigenvalue weighted by Crippen LogP contribution is 2.16. The van der Waals surface area contributed by atoms with Crippen LogP contribution in [0.2, 0.25) is 0 Å². The van der Waals surface area contributed by atoms with Gasteiger partial charge in [-0.2, -0.15) is 0 Å². The number of carboxylic acids is 1. The molecule has 2 heterocycles. The molecule has 112 valence electrons. The normalized spacial score (nSPS) is 17.4. The summed E-state index contributed by atoms with van der Waals surface area (Å²) in [5.41, 5.74) is -0.272. The molecule has 0 amide bonds.